The molecule has 3 rings (SSSR count). The zero-order chi connectivity index (χ0) is 17.3. The van der Waals surface area contributed by atoms with Crippen molar-refractivity contribution < 1.29 is 9.90 Å². The lowest BCUT2D eigenvalue weighted by molar-refractivity contribution is -0.0594. The molecule has 1 heterocycles. The van der Waals surface area contributed by atoms with Crippen LogP contribution in [0.25, 0.3) is 0 Å². The number of halogens is 2. The van der Waals surface area contributed by atoms with Crippen molar-refractivity contribution in [2.24, 2.45) is 5.92 Å². The monoisotopic (exact) mass is 451 g/mol. The van der Waals surface area contributed by atoms with Crippen molar-refractivity contribution in [3.05, 3.63) is 68.6 Å². The van der Waals surface area contributed by atoms with Crippen LogP contribution >= 0.6 is 31.9 Å². The molecule has 2 atom stereocenters. The molecule has 0 aromatic heterocycles. The number of Topliss-reactive ketones (excluding diaryl/α,β-unsaturated/α-hetero) is 1. The van der Waals surface area contributed by atoms with Gasteiger partial charge in [0.25, 0.3) is 0 Å². The van der Waals surface area contributed by atoms with Gasteiger partial charge in [-0.05, 0) is 43.3 Å². The van der Waals surface area contributed by atoms with Gasteiger partial charge >= 0.3 is 0 Å². The summed E-state index contributed by atoms with van der Waals surface area (Å²) in [5.41, 5.74) is 0.292. The van der Waals surface area contributed by atoms with E-state index >= 15 is 0 Å². The van der Waals surface area contributed by atoms with Crippen LogP contribution in [0, 0.1) is 5.92 Å². The first-order chi connectivity index (χ1) is 11.4. The van der Waals surface area contributed by atoms with Crippen LogP contribution in [-0.2, 0) is 5.60 Å². The van der Waals surface area contributed by atoms with Gasteiger partial charge < -0.3 is 10.0 Å². The van der Waals surface area contributed by atoms with E-state index in [0.29, 0.717) is 18.5 Å². The minimum atomic E-state index is -1.14. The van der Waals surface area contributed by atoms with Crippen LogP contribution in [0.1, 0.15) is 22.3 Å². The normalized spacial score (nSPS) is 24.8. The summed E-state index contributed by atoms with van der Waals surface area (Å²) in [6, 6.07) is 15.0. The number of rotatable bonds is 3. The summed E-state index contributed by atoms with van der Waals surface area (Å²) in [6.45, 7) is 1.30. The Balaban J connectivity index is 1.98. The summed E-state index contributed by atoms with van der Waals surface area (Å²) in [6.07, 6.45) is 0.540. The molecule has 2 aromatic rings. The fourth-order valence-electron chi connectivity index (χ4n) is 3.29. The summed E-state index contributed by atoms with van der Waals surface area (Å²) < 4.78 is 1.89. The van der Waals surface area contributed by atoms with E-state index in [2.05, 4.69) is 36.8 Å². The third-order valence-electron chi connectivity index (χ3n) is 4.73. The molecule has 1 N–H and O–H groups in total. The quantitative estimate of drug-likeness (QED) is 0.708. The lowest BCUT2D eigenvalue weighted by Crippen LogP contribution is -2.52. The molecule has 0 spiro atoms. The van der Waals surface area contributed by atoms with Gasteiger partial charge in [-0.3, -0.25) is 4.79 Å². The standard InChI is InChI=1S/C19H19Br2NO2/c1-22-11-10-19(24,14-4-8-16(21)9-5-14)17(12-22)18(23)13-2-6-15(20)7-3-13/h2-9,17,24H,10-12H2,1H3/t17-,19+/m0/s1. The third kappa shape index (κ3) is 3.49. The molecule has 0 bridgehead atoms. The molecule has 3 nitrogen and oxygen atoms in total. The van der Waals surface area contributed by atoms with Crippen molar-refractivity contribution in [1.29, 1.82) is 0 Å². The summed E-state index contributed by atoms with van der Waals surface area (Å²) in [4.78, 5) is 15.2. The smallest absolute Gasteiger partial charge is 0.170 e. The minimum absolute atomic E-state index is 0.0144. The Morgan fingerprint density at radius 2 is 1.62 bits per heavy atom. The number of carbonyl (C=O) groups is 1. The van der Waals surface area contributed by atoms with Crippen molar-refractivity contribution in [3.8, 4) is 0 Å². The molecular weight excluding hydrogens is 434 g/mol. The third-order valence-corrected chi connectivity index (χ3v) is 5.79. The van der Waals surface area contributed by atoms with E-state index in [-0.39, 0.29) is 5.78 Å². The number of carbonyl (C=O) groups excluding carboxylic acids is 1. The SMILES string of the molecule is CN1CC[C@@](O)(c2ccc(Br)cc2)[C@H](C(=O)c2ccc(Br)cc2)C1. The predicted molar refractivity (Wildman–Crippen MR) is 102 cm³/mol. The second-order valence-electron chi connectivity index (χ2n) is 6.37. The van der Waals surface area contributed by atoms with E-state index < -0.39 is 11.5 Å². The predicted octanol–water partition coefficient (Wildman–Crippen LogP) is 4.23. The van der Waals surface area contributed by atoms with Gasteiger partial charge in [-0.2, -0.15) is 0 Å². The summed E-state index contributed by atoms with van der Waals surface area (Å²) in [5.74, 6) is -0.502. The Hall–Kier alpha value is -1.01. The molecule has 0 aliphatic carbocycles. The van der Waals surface area contributed by atoms with Crippen molar-refractivity contribution in [2.75, 3.05) is 20.1 Å². The highest BCUT2D eigenvalue weighted by Crippen LogP contribution is 2.39. The van der Waals surface area contributed by atoms with Gasteiger partial charge in [-0.1, -0.05) is 56.1 Å². The van der Waals surface area contributed by atoms with Gasteiger partial charge in [0.15, 0.2) is 5.78 Å². The second-order valence-corrected chi connectivity index (χ2v) is 8.20. The van der Waals surface area contributed by atoms with Crippen molar-refractivity contribution in [3.63, 3.8) is 0 Å². The Morgan fingerprint density at radius 3 is 2.21 bits per heavy atom. The van der Waals surface area contributed by atoms with Gasteiger partial charge in [0.05, 0.1) is 5.92 Å². The highest BCUT2D eigenvalue weighted by molar-refractivity contribution is 9.10. The molecule has 2 aromatic carbocycles. The van der Waals surface area contributed by atoms with E-state index in [1.54, 1.807) is 0 Å². The number of likely N-dealkylation sites (tertiary alicyclic amines) is 1. The maximum Gasteiger partial charge on any atom is 0.170 e. The van der Waals surface area contributed by atoms with E-state index in [0.717, 1.165) is 21.1 Å². The Bertz CT molecular complexity index is 730. The van der Waals surface area contributed by atoms with Crippen molar-refractivity contribution >= 4 is 37.6 Å². The molecule has 1 aliphatic rings. The zero-order valence-electron chi connectivity index (χ0n) is 13.4. The fraction of sp³-hybridized carbons (Fsp3) is 0.316. The average molecular weight is 453 g/mol. The number of hydrogen-bond donors (Lipinski definition) is 1. The Morgan fingerprint density at radius 1 is 1.08 bits per heavy atom. The van der Waals surface area contributed by atoms with E-state index in [4.69, 9.17) is 0 Å². The maximum absolute atomic E-state index is 13.1. The summed E-state index contributed by atoms with van der Waals surface area (Å²) in [5, 5.41) is 11.4. The topological polar surface area (TPSA) is 40.5 Å². The second kappa shape index (κ2) is 7.08. The van der Waals surface area contributed by atoms with Gasteiger partial charge in [0, 0.05) is 27.6 Å². The molecular formula is C19H19Br2NO2. The number of nitrogens with zero attached hydrogens (tertiary/aromatic N) is 1. The lowest BCUT2D eigenvalue weighted by Gasteiger charge is -2.43. The van der Waals surface area contributed by atoms with E-state index in [9.17, 15) is 9.90 Å². The highest BCUT2D eigenvalue weighted by atomic mass is 79.9. The molecule has 126 valence electrons. The summed E-state index contributed by atoms with van der Waals surface area (Å²) in [7, 11) is 1.99. The van der Waals surface area contributed by atoms with Crippen LogP contribution in [0.3, 0.4) is 0 Å². The molecule has 0 unspecified atom stereocenters. The van der Waals surface area contributed by atoms with Gasteiger partial charge in [-0.25, -0.2) is 0 Å². The maximum atomic E-state index is 13.1. The zero-order valence-corrected chi connectivity index (χ0v) is 16.5. The van der Waals surface area contributed by atoms with Crippen molar-refractivity contribution in [1.82, 2.24) is 4.90 Å². The van der Waals surface area contributed by atoms with Gasteiger partial charge in [0.2, 0.25) is 0 Å². The average Bonchev–Trinajstić information content (AvgIpc) is 2.58. The van der Waals surface area contributed by atoms with Gasteiger partial charge in [-0.15, -0.1) is 0 Å². The first kappa shape index (κ1) is 17.8. The first-order valence-electron chi connectivity index (χ1n) is 7.87. The number of piperidine rings is 1. The molecule has 0 saturated carbocycles. The van der Waals surface area contributed by atoms with Crippen LogP contribution in [-0.4, -0.2) is 35.9 Å². The molecule has 24 heavy (non-hydrogen) atoms. The largest absolute Gasteiger partial charge is 0.384 e. The number of ketones is 1. The Labute approximate surface area is 158 Å². The minimum Gasteiger partial charge on any atom is -0.384 e. The van der Waals surface area contributed by atoms with Crippen molar-refractivity contribution in [2.45, 2.75) is 12.0 Å². The lowest BCUT2D eigenvalue weighted by atomic mass is 9.73. The molecule has 1 saturated heterocycles. The summed E-state index contributed by atoms with van der Waals surface area (Å²) >= 11 is 6.82. The van der Waals surface area contributed by atoms with Crippen LogP contribution in [0.15, 0.2) is 57.5 Å². The van der Waals surface area contributed by atoms with Crippen LogP contribution in [0.4, 0.5) is 0 Å². The highest BCUT2D eigenvalue weighted by Gasteiger charge is 2.46. The number of aliphatic hydroxyl groups is 1. The molecule has 1 aliphatic heterocycles. The number of benzene rings is 2. The molecule has 0 amide bonds. The number of hydrogen-bond acceptors (Lipinski definition) is 3. The Kier molecular flexibility index (Phi) is 5.25. The van der Waals surface area contributed by atoms with Gasteiger partial charge in [0.1, 0.15) is 5.60 Å². The molecule has 1 fully saturated rings. The van der Waals surface area contributed by atoms with E-state index in [1.807, 2.05) is 55.6 Å². The molecule has 0 radical (unpaired) electrons. The van der Waals surface area contributed by atoms with E-state index in [1.165, 1.54) is 0 Å². The first-order valence-corrected chi connectivity index (χ1v) is 9.45. The fourth-order valence-corrected chi connectivity index (χ4v) is 3.82. The molecule has 5 heteroatoms. The van der Waals surface area contributed by atoms with Crippen LogP contribution in [0.2, 0.25) is 0 Å². The van der Waals surface area contributed by atoms with Crippen LogP contribution in [0.5, 0.6) is 0 Å². The van der Waals surface area contributed by atoms with Crippen LogP contribution < -0.4 is 0 Å².